The molecule has 2 aliphatic heterocycles. The van der Waals surface area contributed by atoms with Crippen molar-refractivity contribution in [1.82, 2.24) is 10.3 Å². The van der Waals surface area contributed by atoms with Crippen LogP contribution in [0.15, 0.2) is 30.5 Å². The van der Waals surface area contributed by atoms with Crippen molar-refractivity contribution in [1.29, 1.82) is 0 Å². The van der Waals surface area contributed by atoms with E-state index >= 15 is 0 Å². The zero-order valence-corrected chi connectivity index (χ0v) is 13.8. The largest absolute Gasteiger partial charge is 0.443 e. The summed E-state index contributed by atoms with van der Waals surface area (Å²) in [5, 5.41) is 3.88. The van der Waals surface area contributed by atoms with Crippen LogP contribution < -0.4 is 14.8 Å². The van der Waals surface area contributed by atoms with Crippen LogP contribution in [-0.2, 0) is 5.79 Å². The maximum absolute atomic E-state index is 14.6. The van der Waals surface area contributed by atoms with Crippen LogP contribution in [0.2, 0.25) is 5.02 Å². The van der Waals surface area contributed by atoms with Crippen molar-refractivity contribution in [3.8, 4) is 11.5 Å². The Morgan fingerprint density at radius 3 is 2.71 bits per heavy atom. The normalized spacial score (nSPS) is 32.7. The van der Waals surface area contributed by atoms with Gasteiger partial charge in [0.1, 0.15) is 11.5 Å². The van der Waals surface area contributed by atoms with Gasteiger partial charge in [-0.15, -0.1) is 0 Å². The van der Waals surface area contributed by atoms with E-state index in [0.717, 1.165) is 13.1 Å². The molecule has 1 aromatic heterocycles. The molecular formula is C18H16ClFN2O2. The fourth-order valence-corrected chi connectivity index (χ4v) is 4.18. The number of pyridine rings is 1. The predicted octanol–water partition coefficient (Wildman–Crippen LogP) is 3.45. The molecule has 1 saturated carbocycles. The van der Waals surface area contributed by atoms with Gasteiger partial charge in [0, 0.05) is 18.7 Å². The van der Waals surface area contributed by atoms with Gasteiger partial charge in [-0.2, -0.15) is 0 Å². The maximum atomic E-state index is 14.6. The van der Waals surface area contributed by atoms with E-state index in [4.69, 9.17) is 21.1 Å². The first-order chi connectivity index (χ1) is 11.6. The molecule has 1 saturated heterocycles. The van der Waals surface area contributed by atoms with Gasteiger partial charge in [0.15, 0.2) is 11.5 Å². The van der Waals surface area contributed by atoms with Crippen molar-refractivity contribution in [3.63, 3.8) is 0 Å². The number of hydrogen-bond donors (Lipinski definition) is 1. The molecule has 3 aliphatic rings. The van der Waals surface area contributed by atoms with E-state index in [1.165, 1.54) is 6.07 Å². The van der Waals surface area contributed by atoms with Gasteiger partial charge in [-0.1, -0.05) is 11.6 Å². The van der Waals surface area contributed by atoms with Gasteiger partial charge in [0.25, 0.3) is 5.79 Å². The first-order valence-corrected chi connectivity index (χ1v) is 8.48. The van der Waals surface area contributed by atoms with Crippen LogP contribution in [0.4, 0.5) is 4.39 Å². The molecule has 0 spiro atoms. The van der Waals surface area contributed by atoms with Gasteiger partial charge in [-0.05, 0) is 55.1 Å². The summed E-state index contributed by atoms with van der Waals surface area (Å²) in [6.45, 7) is 3.67. The molecule has 2 unspecified atom stereocenters. The molecule has 5 rings (SSSR count). The Morgan fingerprint density at radius 2 is 2.00 bits per heavy atom. The fourth-order valence-electron chi connectivity index (χ4n) is 4.07. The summed E-state index contributed by atoms with van der Waals surface area (Å²) in [4.78, 5) is 4.30. The number of piperidine rings is 1. The number of nitrogens with one attached hydrogen (secondary N) is 1. The number of ether oxygens (including phenoxy) is 2. The first-order valence-electron chi connectivity index (χ1n) is 8.10. The van der Waals surface area contributed by atoms with E-state index < -0.39 is 5.79 Å². The summed E-state index contributed by atoms with van der Waals surface area (Å²) in [7, 11) is 0. The van der Waals surface area contributed by atoms with Crippen LogP contribution in [0.5, 0.6) is 11.5 Å². The molecule has 4 atom stereocenters. The van der Waals surface area contributed by atoms with Crippen LogP contribution in [-0.4, -0.2) is 18.1 Å². The second-order valence-electron chi connectivity index (χ2n) is 6.81. The number of fused-ring (bicyclic) bond motifs is 2. The molecule has 1 N–H and O–H groups in total. The van der Waals surface area contributed by atoms with Gasteiger partial charge >= 0.3 is 0 Å². The molecule has 2 aromatic rings. The van der Waals surface area contributed by atoms with Crippen molar-refractivity contribution in [2.45, 2.75) is 18.6 Å². The lowest BCUT2D eigenvalue weighted by Gasteiger charge is -2.22. The van der Waals surface area contributed by atoms with E-state index in [2.05, 4.69) is 10.3 Å². The van der Waals surface area contributed by atoms with Crippen molar-refractivity contribution >= 4 is 11.6 Å². The first kappa shape index (κ1) is 14.5. The average Bonchev–Trinajstić information content (AvgIpc) is 2.92. The highest BCUT2D eigenvalue weighted by molar-refractivity contribution is 6.30. The molecule has 4 nitrogen and oxygen atoms in total. The molecule has 1 aromatic carbocycles. The molecule has 0 radical (unpaired) electrons. The van der Waals surface area contributed by atoms with Crippen LogP contribution in [0, 0.1) is 17.7 Å². The zero-order valence-electron chi connectivity index (χ0n) is 13.1. The van der Waals surface area contributed by atoms with Crippen molar-refractivity contribution in [2.75, 3.05) is 13.1 Å². The van der Waals surface area contributed by atoms with Gasteiger partial charge in [-0.3, -0.25) is 4.98 Å². The molecule has 1 aliphatic carbocycles. The Balaban J connectivity index is 1.54. The highest BCUT2D eigenvalue weighted by Crippen LogP contribution is 2.61. The Kier molecular flexibility index (Phi) is 2.92. The molecule has 0 bridgehead atoms. The maximum Gasteiger partial charge on any atom is 0.292 e. The molecule has 24 heavy (non-hydrogen) atoms. The zero-order chi connectivity index (χ0) is 16.5. The lowest BCUT2D eigenvalue weighted by Crippen LogP contribution is -2.32. The van der Waals surface area contributed by atoms with Gasteiger partial charge in [0.2, 0.25) is 0 Å². The van der Waals surface area contributed by atoms with Crippen LogP contribution in [0.25, 0.3) is 0 Å². The molecule has 2 fully saturated rings. The van der Waals surface area contributed by atoms with E-state index in [-0.39, 0.29) is 11.7 Å². The highest BCUT2D eigenvalue weighted by atomic mass is 35.5. The second kappa shape index (κ2) is 4.83. The molecule has 3 heterocycles. The third kappa shape index (κ3) is 1.98. The third-order valence-electron chi connectivity index (χ3n) is 5.33. The number of rotatable bonds is 2. The van der Waals surface area contributed by atoms with E-state index in [9.17, 15) is 4.39 Å². The summed E-state index contributed by atoms with van der Waals surface area (Å²) in [5.41, 5.74) is 1.26. The summed E-state index contributed by atoms with van der Waals surface area (Å²) < 4.78 is 26.7. The predicted molar refractivity (Wildman–Crippen MR) is 86.8 cm³/mol. The minimum atomic E-state index is -1.07. The number of benzene rings is 1. The van der Waals surface area contributed by atoms with Gasteiger partial charge in [-0.25, -0.2) is 4.39 Å². The summed E-state index contributed by atoms with van der Waals surface area (Å²) in [6, 6.07) is 6.61. The molecule has 124 valence electrons. The average molecular weight is 347 g/mol. The van der Waals surface area contributed by atoms with Crippen molar-refractivity contribution < 1.29 is 13.9 Å². The summed E-state index contributed by atoms with van der Waals surface area (Å²) in [5.74, 6) is 1.01. The molecule has 0 amide bonds. The minimum Gasteiger partial charge on any atom is -0.443 e. The number of nitrogens with zero attached hydrogens (tertiary/aromatic N) is 1. The minimum absolute atomic E-state index is 0.213. The number of hydrogen-bond acceptors (Lipinski definition) is 4. The lowest BCUT2D eigenvalue weighted by atomic mass is 10.0. The topological polar surface area (TPSA) is 43.4 Å². The van der Waals surface area contributed by atoms with Crippen LogP contribution >= 0.6 is 11.6 Å². The number of aromatic nitrogens is 1. The van der Waals surface area contributed by atoms with Crippen molar-refractivity contribution in [3.05, 3.63) is 52.6 Å². The van der Waals surface area contributed by atoms with Crippen LogP contribution in [0.1, 0.15) is 24.1 Å². The van der Waals surface area contributed by atoms with E-state index in [1.807, 2.05) is 0 Å². The smallest absolute Gasteiger partial charge is 0.292 e. The lowest BCUT2D eigenvalue weighted by molar-refractivity contribution is -0.0721. The molecule has 6 heteroatoms. The highest BCUT2D eigenvalue weighted by Gasteiger charge is 2.57. The van der Waals surface area contributed by atoms with Crippen LogP contribution in [0.3, 0.4) is 0 Å². The Hall–Kier alpha value is -1.85. The number of halogens is 2. The monoisotopic (exact) mass is 346 g/mol. The van der Waals surface area contributed by atoms with Gasteiger partial charge < -0.3 is 14.8 Å². The van der Waals surface area contributed by atoms with Gasteiger partial charge in [0.05, 0.1) is 5.02 Å². The summed E-state index contributed by atoms with van der Waals surface area (Å²) >= 11 is 5.90. The SMILES string of the molecule is CC1(c2ccc(Cl)cn2)Oc2ccc(F)c(C3[C@H]4CNC[C@@H]34)c2O1. The fraction of sp³-hybridized carbons (Fsp3) is 0.389. The molecular weight excluding hydrogens is 331 g/mol. The standard InChI is InChI=1S/C18H16ClFN2O2/c1-18(14-5-2-9(19)6-22-14)23-13-4-3-12(20)16(17(13)24-18)15-10-7-21-8-11(10)15/h2-6,10-11,15,21H,7-8H2,1H3/t10-,11+,15?,18?. The van der Waals surface area contributed by atoms with Crippen molar-refractivity contribution in [2.24, 2.45) is 11.8 Å². The third-order valence-corrected chi connectivity index (χ3v) is 5.55. The van der Waals surface area contributed by atoms with E-state index in [1.54, 1.807) is 31.3 Å². The Morgan fingerprint density at radius 1 is 1.21 bits per heavy atom. The summed E-state index contributed by atoms with van der Waals surface area (Å²) in [6.07, 6.45) is 1.55. The second-order valence-corrected chi connectivity index (χ2v) is 7.25. The Bertz CT molecular complexity index is 819. The quantitative estimate of drug-likeness (QED) is 0.904. The van der Waals surface area contributed by atoms with E-state index in [0.29, 0.717) is 39.6 Å². The Labute approximate surface area is 143 Å².